The zero-order valence-electron chi connectivity index (χ0n) is 10.1. The van der Waals surface area contributed by atoms with Crippen molar-refractivity contribution >= 4 is 26.6 Å². The number of phenols is 1. The summed E-state index contributed by atoms with van der Waals surface area (Å²) in [5, 5.41) is 10.5. The fraction of sp³-hybridized carbons (Fsp3) is 0. The number of hydrogen-bond acceptors (Lipinski definition) is 4. The molecule has 17 heavy (non-hydrogen) atoms. The van der Waals surface area contributed by atoms with Crippen molar-refractivity contribution in [2.24, 2.45) is 0 Å². The first kappa shape index (κ1) is 14.3. The molecule has 0 bridgehead atoms. The quantitative estimate of drug-likeness (QED) is 0.330. The van der Waals surface area contributed by atoms with Gasteiger partial charge in [0.25, 0.3) is 10.1 Å². The number of benzene rings is 2. The number of aromatic hydroxyl groups is 1. The zero-order valence-corrected chi connectivity index (χ0v) is 11.9. The predicted octanol–water partition coefficient (Wildman–Crippen LogP) is -1.51. The van der Waals surface area contributed by atoms with E-state index in [1.165, 1.54) is 12.1 Å². The third-order valence-electron chi connectivity index (χ3n) is 2.31. The fourth-order valence-corrected chi connectivity index (χ4v) is 2.15. The van der Waals surface area contributed by atoms with E-state index in [-0.39, 0.29) is 36.4 Å². The van der Waals surface area contributed by atoms with Gasteiger partial charge in [0.1, 0.15) is 10.6 Å². The van der Waals surface area contributed by atoms with Crippen LogP contribution in [0.2, 0.25) is 0 Å². The van der Waals surface area contributed by atoms with Crippen molar-refractivity contribution in [1.82, 2.24) is 0 Å². The fourth-order valence-electron chi connectivity index (χ4n) is 1.55. The van der Waals surface area contributed by atoms with Gasteiger partial charge in [-0.1, -0.05) is 18.2 Å². The number of fused-ring (bicyclic) bond motifs is 1. The van der Waals surface area contributed by atoms with Crippen LogP contribution in [-0.2, 0) is 10.1 Å². The van der Waals surface area contributed by atoms with E-state index in [0.29, 0.717) is 11.1 Å². The Morgan fingerprint density at radius 3 is 2.35 bits per heavy atom. The molecule has 86 valence electrons. The Hall–Kier alpha value is -0.790. The van der Waals surface area contributed by atoms with Crippen molar-refractivity contribution in [3.63, 3.8) is 0 Å². The number of rotatable bonds is 1. The molecule has 0 aliphatic rings. The van der Waals surface area contributed by atoms with Gasteiger partial charge in [0.2, 0.25) is 0 Å². The Morgan fingerprint density at radius 1 is 1.12 bits per heavy atom. The van der Waals surface area contributed by atoms with Gasteiger partial charge in [-0.15, -0.1) is 0 Å². The van der Waals surface area contributed by atoms with E-state index in [1.54, 1.807) is 12.1 Å². The molecule has 5 nitrogen and oxygen atoms in total. The Balaban J connectivity index is 0.00000144. The maximum absolute atomic E-state index is 10.9. The van der Waals surface area contributed by atoms with E-state index in [9.17, 15) is 13.5 Å². The molecule has 0 unspecified atom stereocenters. The van der Waals surface area contributed by atoms with Crippen LogP contribution in [-0.4, -0.2) is 18.1 Å². The van der Waals surface area contributed by atoms with Gasteiger partial charge >= 0.3 is 29.6 Å². The monoisotopic (exact) mass is 263 g/mol. The summed E-state index contributed by atoms with van der Waals surface area (Å²) in [6.07, 6.45) is 0. The molecule has 0 radical (unpaired) electrons. The van der Waals surface area contributed by atoms with Crippen molar-refractivity contribution in [3.8, 4) is 5.75 Å². The summed E-state index contributed by atoms with van der Waals surface area (Å²) >= 11 is 0. The van der Waals surface area contributed by atoms with E-state index >= 15 is 0 Å². The third kappa shape index (κ3) is 2.56. The first-order valence-electron chi connectivity index (χ1n) is 4.39. The first-order valence-corrected chi connectivity index (χ1v) is 5.83. The van der Waals surface area contributed by atoms with Gasteiger partial charge in [-0.2, -0.15) is 8.42 Å². The Kier molecular flexibility index (Phi) is 4.06. The summed E-state index contributed by atoms with van der Waals surface area (Å²) in [4.78, 5) is -0.523. The summed E-state index contributed by atoms with van der Waals surface area (Å²) in [5.41, 5.74) is 6.09. The molecule has 0 heterocycles. The average Bonchev–Trinajstić information content (AvgIpc) is 2.18. The minimum Gasteiger partial charge on any atom is -1.00 e. The Bertz CT molecular complexity index is 675. The molecule has 2 aromatic carbocycles. The van der Waals surface area contributed by atoms with Crippen LogP contribution in [0.15, 0.2) is 35.2 Å². The molecule has 4 N–H and O–H groups in total. The SMILES string of the molecule is Nc1cccc2c(O)c(S(=O)(=O)O)ccc12.[H-].[Na+]. The standard InChI is InChI=1S/C10H9NO4S.Na.H/c11-8-3-1-2-7-6(8)4-5-9(10(7)12)16(13,14)15;;/h1-5,12H,11H2,(H,13,14,15);;/q;+1;-1. The second kappa shape index (κ2) is 4.83. The van der Waals surface area contributed by atoms with Gasteiger partial charge < -0.3 is 12.3 Å². The molecule has 7 heteroatoms. The van der Waals surface area contributed by atoms with Crippen LogP contribution in [0, 0.1) is 0 Å². The number of phenolic OH excluding ortho intramolecular Hbond substituents is 1. The topological polar surface area (TPSA) is 101 Å². The number of hydrogen-bond donors (Lipinski definition) is 3. The molecule has 0 aromatic heterocycles. The van der Waals surface area contributed by atoms with Crippen LogP contribution in [0.1, 0.15) is 1.43 Å². The van der Waals surface area contributed by atoms with E-state index in [2.05, 4.69) is 0 Å². The molecule has 0 saturated heterocycles. The van der Waals surface area contributed by atoms with Gasteiger partial charge in [-0.3, -0.25) is 4.55 Å². The minimum absolute atomic E-state index is 0. The molecule has 0 amide bonds. The molecule has 2 rings (SSSR count). The van der Waals surface area contributed by atoms with E-state index in [1.807, 2.05) is 0 Å². The molecule has 0 spiro atoms. The van der Waals surface area contributed by atoms with E-state index < -0.39 is 20.8 Å². The van der Waals surface area contributed by atoms with Gasteiger partial charge in [0, 0.05) is 16.5 Å². The zero-order chi connectivity index (χ0) is 11.9. The summed E-state index contributed by atoms with van der Waals surface area (Å²) in [6, 6.07) is 7.30. The van der Waals surface area contributed by atoms with Gasteiger partial charge in [0.15, 0.2) is 0 Å². The molecule has 0 fully saturated rings. The smallest absolute Gasteiger partial charge is 1.00 e. The maximum Gasteiger partial charge on any atom is 1.00 e. The summed E-state index contributed by atoms with van der Waals surface area (Å²) in [7, 11) is -4.43. The average molecular weight is 263 g/mol. The molecule has 0 aliphatic carbocycles. The van der Waals surface area contributed by atoms with Crippen molar-refractivity contribution in [2.75, 3.05) is 5.73 Å². The van der Waals surface area contributed by atoms with E-state index in [4.69, 9.17) is 10.3 Å². The van der Waals surface area contributed by atoms with E-state index in [0.717, 1.165) is 6.07 Å². The third-order valence-corrected chi connectivity index (χ3v) is 3.19. The van der Waals surface area contributed by atoms with Crippen molar-refractivity contribution in [2.45, 2.75) is 4.90 Å². The van der Waals surface area contributed by atoms with Crippen molar-refractivity contribution < 1.29 is 49.1 Å². The summed E-state index contributed by atoms with van der Waals surface area (Å²) in [5.74, 6) is -0.493. The predicted molar refractivity (Wildman–Crippen MR) is 61.0 cm³/mol. The molecule has 0 aliphatic heterocycles. The normalized spacial score (nSPS) is 11.1. The molecule has 0 atom stereocenters. The van der Waals surface area contributed by atoms with Crippen molar-refractivity contribution in [3.05, 3.63) is 30.3 Å². The molecule has 0 saturated carbocycles. The Morgan fingerprint density at radius 2 is 1.76 bits per heavy atom. The van der Waals surface area contributed by atoms with Gasteiger partial charge in [-0.05, 0) is 12.1 Å². The van der Waals surface area contributed by atoms with Crippen LogP contribution >= 0.6 is 0 Å². The van der Waals surface area contributed by atoms with Crippen LogP contribution in [0.4, 0.5) is 5.69 Å². The molecular formula is C10H10NNaO4S. The van der Waals surface area contributed by atoms with Crippen LogP contribution < -0.4 is 35.3 Å². The number of nitrogen functional groups attached to an aromatic ring is 1. The number of nitrogens with two attached hydrogens (primary N) is 1. The second-order valence-electron chi connectivity index (χ2n) is 3.33. The Labute approximate surface area is 122 Å². The van der Waals surface area contributed by atoms with Crippen molar-refractivity contribution in [1.29, 1.82) is 0 Å². The first-order chi connectivity index (χ1) is 7.41. The maximum atomic E-state index is 10.9. The van der Waals surface area contributed by atoms with Gasteiger partial charge in [-0.25, -0.2) is 0 Å². The van der Waals surface area contributed by atoms with Crippen LogP contribution in [0.5, 0.6) is 5.75 Å². The van der Waals surface area contributed by atoms with Crippen LogP contribution in [0.25, 0.3) is 10.8 Å². The molecule has 2 aromatic rings. The summed E-state index contributed by atoms with van der Waals surface area (Å²) in [6.45, 7) is 0. The van der Waals surface area contributed by atoms with Gasteiger partial charge in [0.05, 0.1) is 0 Å². The summed E-state index contributed by atoms with van der Waals surface area (Å²) < 4.78 is 30.8. The second-order valence-corrected chi connectivity index (χ2v) is 4.72. The van der Waals surface area contributed by atoms with Crippen LogP contribution in [0.3, 0.4) is 0 Å². The molecular weight excluding hydrogens is 253 g/mol. The minimum atomic E-state index is -4.43. The number of anilines is 1. The largest absolute Gasteiger partial charge is 1.00 e.